The van der Waals surface area contributed by atoms with Crippen molar-refractivity contribution < 1.29 is 0 Å². The largest absolute Gasteiger partial charge is 0.361 e. The molecule has 8 heteroatoms. The van der Waals surface area contributed by atoms with Crippen LogP contribution in [-0.4, -0.2) is 34.3 Å². The van der Waals surface area contributed by atoms with Gasteiger partial charge in [0.1, 0.15) is 6.33 Å². The first-order chi connectivity index (χ1) is 15.3. The van der Waals surface area contributed by atoms with Gasteiger partial charge in [0.2, 0.25) is 0 Å². The molecule has 0 amide bonds. The van der Waals surface area contributed by atoms with Crippen molar-refractivity contribution in [1.29, 1.82) is 0 Å². The van der Waals surface area contributed by atoms with Crippen molar-refractivity contribution >= 4 is 27.7 Å². The summed E-state index contributed by atoms with van der Waals surface area (Å²) in [6, 6.07) is 18.0. The highest BCUT2D eigenvalue weighted by atomic mass is 16.1. The van der Waals surface area contributed by atoms with Gasteiger partial charge in [-0.2, -0.15) is 9.61 Å². The molecule has 0 bridgehead atoms. The van der Waals surface area contributed by atoms with Gasteiger partial charge < -0.3 is 4.98 Å². The third-order valence-electron chi connectivity index (χ3n) is 5.57. The summed E-state index contributed by atoms with van der Waals surface area (Å²) in [5, 5.41) is 14.1. The van der Waals surface area contributed by atoms with E-state index in [0.29, 0.717) is 24.3 Å². The Labute approximate surface area is 175 Å². The highest BCUT2D eigenvalue weighted by Crippen LogP contribution is 2.23. The highest BCUT2D eigenvalue weighted by Gasteiger charge is 2.15. The average molecular weight is 407 g/mol. The molecule has 6 aromatic rings. The van der Waals surface area contributed by atoms with E-state index >= 15 is 0 Å². The Morgan fingerprint density at radius 2 is 1.77 bits per heavy atom. The van der Waals surface area contributed by atoms with Crippen LogP contribution in [0.5, 0.6) is 0 Å². The van der Waals surface area contributed by atoms with Gasteiger partial charge in [-0.1, -0.05) is 48.5 Å². The molecule has 0 radical (unpaired) electrons. The van der Waals surface area contributed by atoms with E-state index in [-0.39, 0.29) is 11.1 Å². The number of para-hydroxylation sites is 1. The molecule has 0 fully saturated rings. The normalized spacial score (nSPS) is 11.6. The zero-order valence-electron chi connectivity index (χ0n) is 16.4. The van der Waals surface area contributed by atoms with E-state index < -0.39 is 0 Å². The smallest absolute Gasteiger partial charge is 0.283 e. The summed E-state index contributed by atoms with van der Waals surface area (Å²) in [7, 11) is 0. The van der Waals surface area contributed by atoms with Gasteiger partial charge >= 0.3 is 0 Å². The van der Waals surface area contributed by atoms with Crippen LogP contribution in [0.1, 0.15) is 5.56 Å². The second kappa shape index (κ2) is 6.88. The van der Waals surface area contributed by atoms with Crippen LogP contribution in [0.2, 0.25) is 0 Å². The van der Waals surface area contributed by atoms with Crippen LogP contribution in [0.3, 0.4) is 0 Å². The number of hydrogen-bond acceptors (Lipinski definition) is 5. The zero-order chi connectivity index (χ0) is 20.8. The Bertz CT molecular complexity index is 1610. The molecule has 0 aliphatic heterocycles. The van der Waals surface area contributed by atoms with E-state index in [1.807, 2.05) is 54.7 Å². The molecule has 6 rings (SSSR count). The molecular weight excluding hydrogens is 390 g/mol. The Kier molecular flexibility index (Phi) is 3.89. The number of aromatic amines is 1. The minimum Gasteiger partial charge on any atom is -0.361 e. The SMILES string of the molecule is O=c1c2nnc3c(-c4ccccc4)cnn3c2ncn1CCc1c[nH]c2ccccc12. The lowest BCUT2D eigenvalue weighted by molar-refractivity contribution is 0.659. The van der Waals surface area contributed by atoms with Crippen LogP contribution in [0.25, 0.3) is 38.8 Å². The van der Waals surface area contributed by atoms with Crippen molar-refractivity contribution in [1.82, 2.24) is 34.3 Å². The van der Waals surface area contributed by atoms with Gasteiger partial charge in [0.25, 0.3) is 5.56 Å². The van der Waals surface area contributed by atoms with E-state index in [1.54, 1.807) is 21.6 Å². The van der Waals surface area contributed by atoms with Gasteiger partial charge in [-0.05, 0) is 23.6 Å². The minimum absolute atomic E-state index is 0.205. The van der Waals surface area contributed by atoms with Gasteiger partial charge in [0, 0.05) is 29.2 Å². The fourth-order valence-corrected chi connectivity index (χ4v) is 3.96. The van der Waals surface area contributed by atoms with Gasteiger partial charge in [-0.25, -0.2) is 4.98 Å². The maximum absolute atomic E-state index is 13.0. The molecule has 150 valence electrons. The molecule has 0 saturated heterocycles. The number of H-pyrrole nitrogens is 1. The number of hydrogen-bond donors (Lipinski definition) is 1. The van der Waals surface area contributed by atoms with E-state index in [9.17, 15) is 4.79 Å². The zero-order valence-corrected chi connectivity index (χ0v) is 16.4. The number of benzene rings is 2. The van der Waals surface area contributed by atoms with Crippen LogP contribution in [0.4, 0.5) is 0 Å². The Hall–Kier alpha value is -4.33. The quantitative estimate of drug-likeness (QED) is 0.484. The van der Waals surface area contributed by atoms with Crippen molar-refractivity contribution in [3.05, 3.63) is 89.2 Å². The maximum Gasteiger partial charge on any atom is 0.283 e. The fourth-order valence-electron chi connectivity index (χ4n) is 3.96. The fraction of sp³-hybridized carbons (Fsp3) is 0.0870. The molecule has 0 atom stereocenters. The lowest BCUT2D eigenvalue weighted by atomic mass is 10.1. The number of nitrogens with zero attached hydrogens (tertiary/aromatic N) is 6. The summed E-state index contributed by atoms with van der Waals surface area (Å²) in [6.45, 7) is 0.498. The summed E-state index contributed by atoms with van der Waals surface area (Å²) in [5.41, 5.74) is 5.03. The number of rotatable bonds is 4. The molecule has 31 heavy (non-hydrogen) atoms. The average Bonchev–Trinajstić information content (AvgIpc) is 3.44. The van der Waals surface area contributed by atoms with Gasteiger partial charge in [-0.3, -0.25) is 9.36 Å². The molecule has 8 nitrogen and oxygen atoms in total. The van der Waals surface area contributed by atoms with E-state index in [4.69, 9.17) is 0 Å². The van der Waals surface area contributed by atoms with E-state index in [0.717, 1.165) is 27.6 Å². The lowest BCUT2D eigenvalue weighted by Gasteiger charge is -2.06. The number of nitrogens with one attached hydrogen (secondary N) is 1. The van der Waals surface area contributed by atoms with E-state index in [2.05, 4.69) is 31.3 Å². The monoisotopic (exact) mass is 407 g/mol. The molecule has 4 aromatic heterocycles. The maximum atomic E-state index is 13.0. The van der Waals surface area contributed by atoms with Crippen LogP contribution in [0, 0.1) is 0 Å². The number of aromatic nitrogens is 7. The minimum atomic E-state index is -0.226. The van der Waals surface area contributed by atoms with Gasteiger partial charge in [0.15, 0.2) is 16.8 Å². The Morgan fingerprint density at radius 3 is 2.68 bits per heavy atom. The molecule has 0 aliphatic rings. The van der Waals surface area contributed by atoms with Crippen LogP contribution in [-0.2, 0) is 13.0 Å². The van der Waals surface area contributed by atoms with Crippen molar-refractivity contribution in [2.24, 2.45) is 0 Å². The van der Waals surface area contributed by atoms with Crippen molar-refractivity contribution in [3.63, 3.8) is 0 Å². The topological polar surface area (TPSA) is 93.8 Å². The highest BCUT2D eigenvalue weighted by molar-refractivity contribution is 5.83. The van der Waals surface area contributed by atoms with Crippen molar-refractivity contribution in [2.75, 3.05) is 0 Å². The standard InChI is InChI=1S/C23H17N7O/c31-23-20-22(30-21(28-27-20)18(13-26-30)15-6-2-1-3-7-15)25-14-29(23)11-10-16-12-24-19-9-5-4-8-17(16)19/h1-9,12-14,24H,10-11H2. The molecule has 2 aromatic carbocycles. The molecule has 4 heterocycles. The predicted octanol–water partition coefficient (Wildman–Crippen LogP) is 3.23. The van der Waals surface area contributed by atoms with Crippen molar-refractivity contribution in [2.45, 2.75) is 13.0 Å². The second-order valence-electron chi connectivity index (χ2n) is 7.38. The predicted molar refractivity (Wildman–Crippen MR) is 118 cm³/mol. The first-order valence-corrected chi connectivity index (χ1v) is 9.99. The van der Waals surface area contributed by atoms with Crippen molar-refractivity contribution in [3.8, 4) is 11.1 Å². The third-order valence-corrected chi connectivity index (χ3v) is 5.57. The third kappa shape index (κ3) is 2.80. The number of fused-ring (bicyclic) bond motifs is 4. The summed E-state index contributed by atoms with van der Waals surface area (Å²) in [6.07, 6.45) is 5.97. The van der Waals surface area contributed by atoms with Crippen LogP contribution >= 0.6 is 0 Å². The molecule has 0 aliphatic carbocycles. The Morgan fingerprint density at radius 1 is 0.935 bits per heavy atom. The molecule has 1 N–H and O–H groups in total. The molecule has 0 saturated carbocycles. The van der Waals surface area contributed by atoms with Gasteiger partial charge in [0.05, 0.1) is 6.20 Å². The van der Waals surface area contributed by atoms with E-state index in [1.165, 1.54) is 0 Å². The van der Waals surface area contributed by atoms with Gasteiger partial charge in [-0.15, -0.1) is 10.2 Å². The summed E-state index contributed by atoms with van der Waals surface area (Å²) in [4.78, 5) is 20.8. The summed E-state index contributed by atoms with van der Waals surface area (Å²) in [5.74, 6) is 0. The number of aryl methyl sites for hydroxylation is 2. The summed E-state index contributed by atoms with van der Waals surface area (Å²) < 4.78 is 3.16. The van der Waals surface area contributed by atoms with Crippen LogP contribution < -0.4 is 5.56 Å². The molecular formula is C23H17N7O. The molecule has 0 spiro atoms. The second-order valence-corrected chi connectivity index (χ2v) is 7.38. The Balaban J connectivity index is 1.38. The molecule has 0 unspecified atom stereocenters. The first kappa shape index (κ1) is 17.5. The summed E-state index contributed by atoms with van der Waals surface area (Å²) >= 11 is 0. The lowest BCUT2D eigenvalue weighted by Crippen LogP contribution is -2.23. The van der Waals surface area contributed by atoms with Crippen LogP contribution in [0.15, 0.2) is 78.1 Å². The first-order valence-electron chi connectivity index (χ1n) is 9.99.